The van der Waals surface area contributed by atoms with E-state index in [0.29, 0.717) is 10.8 Å². The van der Waals surface area contributed by atoms with Gasteiger partial charge >= 0.3 is 0 Å². The van der Waals surface area contributed by atoms with Crippen LogP contribution < -0.4 is 0 Å². The van der Waals surface area contributed by atoms with Crippen LogP contribution in [-0.2, 0) is 22.4 Å². The highest BCUT2D eigenvalue weighted by Gasteiger charge is 2.27. The zero-order chi connectivity index (χ0) is 15.3. The molecule has 6 heteroatoms. The van der Waals surface area contributed by atoms with Crippen LogP contribution in [0.5, 0.6) is 0 Å². The number of sulfonamides is 1. The molecule has 1 heterocycles. The Bertz CT molecular complexity index is 521. The van der Waals surface area contributed by atoms with E-state index in [4.69, 9.17) is 11.6 Å². The maximum absolute atomic E-state index is 12.6. The molecule has 0 saturated carbocycles. The third-order valence-corrected chi connectivity index (χ3v) is 5.85. The molecule has 0 bridgehead atoms. The van der Waals surface area contributed by atoms with Crippen molar-refractivity contribution in [2.45, 2.75) is 63.4 Å². The summed E-state index contributed by atoms with van der Waals surface area (Å²) in [6.45, 7) is 6.86. The second kappa shape index (κ2) is 7.48. The Labute approximate surface area is 127 Å². The summed E-state index contributed by atoms with van der Waals surface area (Å²) in [5.41, 5.74) is 0.852. The molecule has 0 fully saturated rings. The molecular weight excluding hydrogens is 296 g/mol. The lowest BCUT2D eigenvalue weighted by molar-refractivity contribution is 0.349. The van der Waals surface area contributed by atoms with E-state index < -0.39 is 10.0 Å². The SMILES string of the molecule is CCCn1cc(S(=O)(=O)N(C)C(CC)CC)cc1CCl. The first-order valence-electron chi connectivity index (χ1n) is 7.15. The molecular formula is C14H25ClN2O2S. The Balaban J connectivity index is 3.15. The lowest BCUT2D eigenvalue weighted by atomic mass is 10.2. The lowest BCUT2D eigenvalue weighted by Crippen LogP contribution is -2.36. The van der Waals surface area contributed by atoms with Crippen LogP contribution in [-0.4, -0.2) is 30.4 Å². The maximum atomic E-state index is 12.6. The van der Waals surface area contributed by atoms with Gasteiger partial charge in [-0.1, -0.05) is 20.8 Å². The molecule has 0 saturated heterocycles. The number of alkyl halides is 1. The molecule has 4 nitrogen and oxygen atoms in total. The largest absolute Gasteiger partial charge is 0.349 e. The molecule has 0 spiro atoms. The van der Waals surface area contributed by atoms with Gasteiger partial charge in [0, 0.05) is 31.5 Å². The summed E-state index contributed by atoms with van der Waals surface area (Å²) in [7, 11) is -1.78. The summed E-state index contributed by atoms with van der Waals surface area (Å²) in [6.07, 6.45) is 4.27. The molecule has 0 aliphatic carbocycles. The second-order valence-corrected chi connectivity index (χ2v) is 7.25. The highest BCUT2D eigenvalue weighted by atomic mass is 35.5. The molecule has 0 unspecified atom stereocenters. The molecule has 1 aromatic heterocycles. The van der Waals surface area contributed by atoms with Crippen molar-refractivity contribution in [1.82, 2.24) is 8.87 Å². The Morgan fingerprint density at radius 3 is 2.35 bits per heavy atom. The summed E-state index contributed by atoms with van der Waals surface area (Å²) >= 11 is 5.90. The van der Waals surface area contributed by atoms with Gasteiger partial charge in [0.1, 0.15) is 4.90 Å². The van der Waals surface area contributed by atoms with Gasteiger partial charge in [0.2, 0.25) is 10.0 Å². The van der Waals surface area contributed by atoms with E-state index in [1.54, 1.807) is 19.3 Å². The highest BCUT2D eigenvalue weighted by Crippen LogP contribution is 2.23. The number of hydrogen-bond donors (Lipinski definition) is 0. The summed E-state index contributed by atoms with van der Waals surface area (Å²) in [5.74, 6) is 0.324. The van der Waals surface area contributed by atoms with Crippen LogP contribution in [0.2, 0.25) is 0 Å². The van der Waals surface area contributed by atoms with Gasteiger partial charge in [-0.15, -0.1) is 11.6 Å². The predicted molar refractivity (Wildman–Crippen MR) is 83.6 cm³/mol. The monoisotopic (exact) mass is 320 g/mol. The van der Waals surface area contributed by atoms with Crippen molar-refractivity contribution in [3.63, 3.8) is 0 Å². The molecule has 0 atom stereocenters. The average Bonchev–Trinajstić information content (AvgIpc) is 2.84. The molecule has 0 aromatic carbocycles. The summed E-state index contributed by atoms with van der Waals surface area (Å²) in [4.78, 5) is 0.344. The quantitative estimate of drug-likeness (QED) is 0.688. The van der Waals surface area contributed by atoms with Crippen molar-refractivity contribution in [2.75, 3.05) is 7.05 Å². The van der Waals surface area contributed by atoms with E-state index in [1.165, 1.54) is 4.31 Å². The van der Waals surface area contributed by atoms with Gasteiger partial charge in [0.15, 0.2) is 0 Å². The van der Waals surface area contributed by atoms with Gasteiger partial charge in [-0.25, -0.2) is 8.42 Å². The van der Waals surface area contributed by atoms with Crippen LogP contribution in [0.1, 0.15) is 45.7 Å². The smallest absolute Gasteiger partial charge is 0.244 e. The van der Waals surface area contributed by atoms with E-state index in [-0.39, 0.29) is 6.04 Å². The number of halogens is 1. The maximum Gasteiger partial charge on any atom is 0.244 e. The van der Waals surface area contributed by atoms with Gasteiger partial charge in [-0.2, -0.15) is 4.31 Å². The van der Waals surface area contributed by atoms with Crippen molar-refractivity contribution in [3.8, 4) is 0 Å². The van der Waals surface area contributed by atoms with E-state index in [1.807, 2.05) is 18.4 Å². The highest BCUT2D eigenvalue weighted by molar-refractivity contribution is 7.89. The van der Waals surface area contributed by atoms with E-state index in [9.17, 15) is 8.42 Å². The zero-order valence-corrected chi connectivity index (χ0v) is 14.3. The number of aryl methyl sites for hydroxylation is 1. The van der Waals surface area contributed by atoms with Crippen molar-refractivity contribution in [1.29, 1.82) is 0 Å². The van der Waals surface area contributed by atoms with Crippen LogP contribution in [0.3, 0.4) is 0 Å². The fourth-order valence-corrected chi connectivity index (χ4v) is 4.19. The van der Waals surface area contributed by atoms with Gasteiger partial charge in [-0.3, -0.25) is 0 Å². The molecule has 1 aromatic rings. The Hall–Kier alpha value is -0.520. The van der Waals surface area contributed by atoms with Gasteiger partial charge < -0.3 is 4.57 Å². The molecule has 116 valence electrons. The first-order valence-corrected chi connectivity index (χ1v) is 9.12. The minimum absolute atomic E-state index is 0.0361. The number of hydrogen-bond acceptors (Lipinski definition) is 2. The zero-order valence-electron chi connectivity index (χ0n) is 12.8. The molecule has 0 aliphatic rings. The normalized spacial score (nSPS) is 12.6. The van der Waals surface area contributed by atoms with E-state index >= 15 is 0 Å². The number of aromatic nitrogens is 1. The third kappa shape index (κ3) is 3.57. The van der Waals surface area contributed by atoms with Gasteiger partial charge in [0.05, 0.1) is 5.88 Å². The second-order valence-electron chi connectivity index (χ2n) is 4.99. The summed E-state index contributed by atoms with van der Waals surface area (Å²) in [6, 6.07) is 1.73. The Morgan fingerprint density at radius 1 is 1.30 bits per heavy atom. The number of nitrogens with zero attached hydrogens (tertiary/aromatic N) is 2. The molecule has 0 aliphatic heterocycles. The van der Waals surface area contributed by atoms with Crippen LogP contribution in [0.4, 0.5) is 0 Å². The van der Waals surface area contributed by atoms with Gasteiger partial charge in [0.25, 0.3) is 0 Å². The average molecular weight is 321 g/mol. The lowest BCUT2D eigenvalue weighted by Gasteiger charge is -2.24. The molecule has 0 amide bonds. The fraction of sp³-hybridized carbons (Fsp3) is 0.714. The summed E-state index contributed by atoms with van der Waals surface area (Å²) < 4.78 is 28.7. The molecule has 1 rings (SSSR count). The van der Waals surface area contributed by atoms with E-state index in [0.717, 1.165) is 31.5 Å². The molecule has 20 heavy (non-hydrogen) atoms. The van der Waals surface area contributed by atoms with Crippen molar-refractivity contribution in [3.05, 3.63) is 18.0 Å². The van der Waals surface area contributed by atoms with Crippen molar-refractivity contribution >= 4 is 21.6 Å². The van der Waals surface area contributed by atoms with Crippen molar-refractivity contribution < 1.29 is 8.42 Å². The first-order chi connectivity index (χ1) is 9.42. The minimum Gasteiger partial charge on any atom is -0.349 e. The standard InChI is InChI=1S/C14H25ClN2O2S/c1-5-8-17-11-14(9-13(17)10-15)20(18,19)16(4)12(6-2)7-3/h9,11-12H,5-8,10H2,1-4H3. The third-order valence-electron chi connectivity index (χ3n) is 3.70. The van der Waals surface area contributed by atoms with Crippen LogP contribution in [0.15, 0.2) is 17.2 Å². The topological polar surface area (TPSA) is 42.3 Å². The number of rotatable bonds is 8. The predicted octanol–water partition coefficient (Wildman–Crippen LogP) is 3.45. The van der Waals surface area contributed by atoms with Crippen LogP contribution in [0, 0.1) is 0 Å². The van der Waals surface area contributed by atoms with E-state index in [2.05, 4.69) is 6.92 Å². The fourth-order valence-electron chi connectivity index (χ4n) is 2.39. The molecule has 0 radical (unpaired) electrons. The molecule has 0 N–H and O–H groups in total. The van der Waals surface area contributed by atoms with Crippen LogP contribution >= 0.6 is 11.6 Å². The summed E-state index contributed by atoms with van der Waals surface area (Å²) in [5, 5.41) is 0. The Morgan fingerprint density at radius 2 is 1.90 bits per heavy atom. The van der Waals surface area contributed by atoms with Crippen LogP contribution in [0.25, 0.3) is 0 Å². The first kappa shape index (κ1) is 17.5. The van der Waals surface area contributed by atoms with Crippen molar-refractivity contribution in [2.24, 2.45) is 0 Å². The minimum atomic E-state index is -3.44. The van der Waals surface area contributed by atoms with Gasteiger partial charge in [-0.05, 0) is 25.3 Å². The Kier molecular flexibility index (Phi) is 6.55.